The third-order valence-corrected chi connectivity index (χ3v) is 5.08. The van der Waals surface area contributed by atoms with Gasteiger partial charge in [-0.2, -0.15) is 17.4 Å². The summed E-state index contributed by atoms with van der Waals surface area (Å²) in [6, 6.07) is 13.4. The zero-order valence-electron chi connectivity index (χ0n) is 12.2. The maximum Gasteiger partial charge on any atom is 0.279 e. The Kier molecular flexibility index (Phi) is 4.95. The molecule has 0 saturated carbocycles. The highest BCUT2D eigenvalue weighted by Gasteiger charge is 2.17. The van der Waals surface area contributed by atoms with Crippen LogP contribution in [0.15, 0.2) is 42.5 Å². The summed E-state index contributed by atoms with van der Waals surface area (Å²) in [5, 5.41) is 12.3. The molecule has 1 unspecified atom stereocenters. The van der Waals surface area contributed by atoms with E-state index < -0.39 is 16.3 Å². The van der Waals surface area contributed by atoms with Crippen LogP contribution in [0.5, 0.6) is 0 Å². The Hall–Kier alpha value is -1.47. The summed E-state index contributed by atoms with van der Waals surface area (Å²) in [7, 11) is -2.04. The molecule has 0 aliphatic heterocycles. The Morgan fingerprint density at radius 1 is 1.19 bits per heavy atom. The van der Waals surface area contributed by atoms with E-state index in [9.17, 15) is 13.5 Å². The average molecular weight is 308 g/mol. The SMILES string of the molecule is CCN(C)S(=O)(=O)NCC(O)c1ccc2ccccc2c1. The summed E-state index contributed by atoms with van der Waals surface area (Å²) in [6.45, 7) is 2.07. The largest absolute Gasteiger partial charge is 0.387 e. The number of rotatable bonds is 6. The van der Waals surface area contributed by atoms with Crippen molar-refractivity contribution in [2.24, 2.45) is 0 Å². The maximum absolute atomic E-state index is 11.8. The van der Waals surface area contributed by atoms with Crippen molar-refractivity contribution >= 4 is 21.0 Å². The van der Waals surface area contributed by atoms with Crippen LogP contribution in [0, 0.1) is 0 Å². The van der Waals surface area contributed by atoms with E-state index in [-0.39, 0.29) is 6.54 Å². The normalized spacial score (nSPS) is 13.7. The van der Waals surface area contributed by atoms with E-state index in [1.54, 1.807) is 6.92 Å². The Morgan fingerprint density at radius 3 is 2.52 bits per heavy atom. The van der Waals surface area contributed by atoms with Crippen molar-refractivity contribution in [2.75, 3.05) is 20.1 Å². The van der Waals surface area contributed by atoms with Crippen molar-refractivity contribution in [3.8, 4) is 0 Å². The van der Waals surface area contributed by atoms with E-state index >= 15 is 0 Å². The van der Waals surface area contributed by atoms with Crippen LogP contribution >= 0.6 is 0 Å². The van der Waals surface area contributed by atoms with Crippen LogP contribution < -0.4 is 4.72 Å². The van der Waals surface area contributed by atoms with Crippen molar-refractivity contribution in [3.05, 3.63) is 48.0 Å². The fourth-order valence-corrected chi connectivity index (χ4v) is 2.93. The van der Waals surface area contributed by atoms with E-state index in [1.165, 1.54) is 11.4 Å². The minimum atomic E-state index is -3.53. The molecule has 0 aliphatic rings. The number of benzene rings is 2. The monoisotopic (exact) mass is 308 g/mol. The highest BCUT2D eigenvalue weighted by Crippen LogP contribution is 2.20. The number of hydrogen-bond acceptors (Lipinski definition) is 3. The molecule has 2 aromatic carbocycles. The lowest BCUT2D eigenvalue weighted by Gasteiger charge is -2.18. The number of aliphatic hydroxyl groups is 1. The summed E-state index contributed by atoms with van der Waals surface area (Å²) in [5.74, 6) is 0. The summed E-state index contributed by atoms with van der Waals surface area (Å²) < 4.78 is 27.2. The summed E-state index contributed by atoms with van der Waals surface area (Å²) in [4.78, 5) is 0. The van der Waals surface area contributed by atoms with Gasteiger partial charge >= 0.3 is 0 Å². The molecule has 6 heteroatoms. The number of nitrogens with zero attached hydrogens (tertiary/aromatic N) is 1. The Balaban J connectivity index is 2.10. The second-order valence-electron chi connectivity index (χ2n) is 4.89. The molecule has 5 nitrogen and oxygen atoms in total. The molecule has 21 heavy (non-hydrogen) atoms. The van der Waals surface area contributed by atoms with E-state index in [2.05, 4.69) is 4.72 Å². The van der Waals surface area contributed by atoms with Gasteiger partial charge in [0.2, 0.25) is 0 Å². The highest BCUT2D eigenvalue weighted by molar-refractivity contribution is 7.87. The first-order valence-electron chi connectivity index (χ1n) is 6.81. The third-order valence-electron chi connectivity index (χ3n) is 3.47. The van der Waals surface area contributed by atoms with Crippen LogP contribution in [0.3, 0.4) is 0 Å². The highest BCUT2D eigenvalue weighted by atomic mass is 32.2. The van der Waals surface area contributed by atoms with Crippen LogP contribution in [-0.4, -0.2) is 38.0 Å². The van der Waals surface area contributed by atoms with Crippen LogP contribution in [0.4, 0.5) is 0 Å². The summed E-state index contributed by atoms with van der Waals surface area (Å²) in [6.07, 6.45) is -0.880. The third kappa shape index (κ3) is 3.79. The first kappa shape index (κ1) is 15.9. The van der Waals surface area contributed by atoms with Gasteiger partial charge in [-0.1, -0.05) is 43.3 Å². The Labute approximate surface area is 125 Å². The van der Waals surface area contributed by atoms with Gasteiger partial charge < -0.3 is 5.11 Å². The molecular formula is C15H20N2O3S. The second kappa shape index (κ2) is 6.53. The number of nitrogens with one attached hydrogen (secondary N) is 1. The zero-order chi connectivity index (χ0) is 15.5. The summed E-state index contributed by atoms with van der Waals surface area (Å²) >= 11 is 0. The van der Waals surface area contributed by atoms with Crippen LogP contribution in [0.25, 0.3) is 10.8 Å². The van der Waals surface area contributed by atoms with Crippen LogP contribution in [0.2, 0.25) is 0 Å². The van der Waals surface area contributed by atoms with Gasteiger partial charge in [-0.05, 0) is 22.4 Å². The average Bonchev–Trinajstić information content (AvgIpc) is 2.51. The smallest absolute Gasteiger partial charge is 0.279 e. The lowest BCUT2D eigenvalue weighted by Crippen LogP contribution is -2.39. The van der Waals surface area contributed by atoms with Crippen molar-refractivity contribution < 1.29 is 13.5 Å². The number of hydrogen-bond donors (Lipinski definition) is 2. The standard InChI is InChI=1S/C15H20N2O3S/c1-3-17(2)21(19,20)16-11-15(18)14-9-8-12-6-4-5-7-13(12)10-14/h4-10,15-16,18H,3,11H2,1-2H3. The van der Waals surface area contributed by atoms with Gasteiger partial charge in [-0.3, -0.25) is 0 Å². The number of fused-ring (bicyclic) bond motifs is 1. The minimum Gasteiger partial charge on any atom is -0.387 e. The van der Waals surface area contributed by atoms with Crippen molar-refractivity contribution in [2.45, 2.75) is 13.0 Å². The molecule has 0 aromatic heterocycles. The summed E-state index contributed by atoms with van der Waals surface area (Å²) in [5.41, 5.74) is 0.690. The van der Waals surface area contributed by atoms with Gasteiger partial charge in [0.1, 0.15) is 0 Å². The first-order chi connectivity index (χ1) is 9.94. The van der Waals surface area contributed by atoms with E-state index in [4.69, 9.17) is 0 Å². The van der Waals surface area contributed by atoms with Crippen molar-refractivity contribution in [1.82, 2.24) is 9.03 Å². The van der Waals surface area contributed by atoms with Crippen molar-refractivity contribution in [3.63, 3.8) is 0 Å². The zero-order valence-corrected chi connectivity index (χ0v) is 13.0. The lowest BCUT2D eigenvalue weighted by atomic mass is 10.0. The Morgan fingerprint density at radius 2 is 1.86 bits per heavy atom. The molecule has 0 saturated heterocycles. The fourth-order valence-electron chi connectivity index (χ4n) is 2.00. The molecule has 0 spiro atoms. The van der Waals surface area contributed by atoms with Crippen molar-refractivity contribution in [1.29, 1.82) is 0 Å². The van der Waals surface area contributed by atoms with Crippen LogP contribution in [-0.2, 0) is 10.2 Å². The first-order valence-corrected chi connectivity index (χ1v) is 8.25. The molecule has 2 aromatic rings. The molecule has 0 aliphatic carbocycles. The fraction of sp³-hybridized carbons (Fsp3) is 0.333. The molecule has 0 fully saturated rings. The molecule has 0 radical (unpaired) electrons. The predicted octanol–water partition coefficient (Wildman–Crippen LogP) is 1.66. The van der Waals surface area contributed by atoms with E-state index in [0.29, 0.717) is 12.1 Å². The molecular weight excluding hydrogens is 288 g/mol. The van der Waals surface area contributed by atoms with Gasteiger partial charge in [0.05, 0.1) is 6.10 Å². The molecule has 0 amide bonds. The van der Waals surface area contributed by atoms with Gasteiger partial charge in [-0.15, -0.1) is 0 Å². The maximum atomic E-state index is 11.8. The number of aliphatic hydroxyl groups excluding tert-OH is 1. The van der Waals surface area contributed by atoms with Crippen LogP contribution in [0.1, 0.15) is 18.6 Å². The topological polar surface area (TPSA) is 69.6 Å². The second-order valence-corrected chi connectivity index (χ2v) is 6.75. The van der Waals surface area contributed by atoms with E-state index in [0.717, 1.165) is 10.8 Å². The minimum absolute atomic E-state index is 0.0506. The van der Waals surface area contributed by atoms with Gasteiger partial charge in [0.15, 0.2) is 0 Å². The predicted molar refractivity (Wildman–Crippen MR) is 84.1 cm³/mol. The van der Waals surface area contributed by atoms with Gasteiger partial charge in [0.25, 0.3) is 10.2 Å². The molecule has 2 rings (SSSR count). The van der Waals surface area contributed by atoms with Gasteiger partial charge in [0, 0.05) is 20.1 Å². The molecule has 0 bridgehead atoms. The lowest BCUT2D eigenvalue weighted by molar-refractivity contribution is 0.181. The van der Waals surface area contributed by atoms with Gasteiger partial charge in [-0.25, -0.2) is 0 Å². The quantitative estimate of drug-likeness (QED) is 0.852. The molecule has 1 atom stereocenters. The molecule has 2 N–H and O–H groups in total. The Bertz CT molecular complexity index is 716. The molecule has 0 heterocycles. The van der Waals surface area contributed by atoms with E-state index in [1.807, 2.05) is 42.5 Å². The molecule has 114 valence electrons.